The molecule has 1 aliphatic rings. The van der Waals surface area contributed by atoms with Crippen molar-refractivity contribution in [2.45, 2.75) is 38.5 Å². The van der Waals surface area contributed by atoms with Crippen LogP contribution in [0.3, 0.4) is 0 Å². The highest BCUT2D eigenvalue weighted by molar-refractivity contribution is 5.68. The zero-order chi connectivity index (χ0) is 11.0. The smallest absolute Gasteiger partial charge is 0.180 e. The number of aromatic nitrogens is 4. The molecule has 0 bridgehead atoms. The van der Waals surface area contributed by atoms with Crippen LogP contribution < -0.4 is 0 Å². The van der Waals surface area contributed by atoms with Crippen LogP contribution in [0.15, 0.2) is 12.5 Å². The van der Waals surface area contributed by atoms with Gasteiger partial charge in [-0.3, -0.25) is 0 Å². The summed E-state index contributed by atoms with van der Waals surface area (Å²) in [6.07, 6.45) is 8.46. The number of nitrogens with one attached hydrogen (secondary N) is 1. The van der Waals surface area contributed by atoms with Crippen molar-refractivity contribution in [2.75, 3.05) is 0 Å². The van der Waals surface area contributed by atoms with Gasteiger partial charge in [0.2, 0.25) is 0 Å². The first-order valence-corrected chi connectivity index (χ1v) is 5.98. The van der Waals surface area contributed by atoms with Crippen LogP contribution in [0.4, 0.5) is 0 Å². The fraction of sp³-hybridized carbons (Fsp3) is 0.583. The van der Waals surface area contributed by atoms with Crippen LogP contribution in [-0.2, 0) is 0 Å². The Morgan fingerprint density at radius 3 is 2.81 bits per heavy atom. The zero-order valence-corrected chi connectivity index (χ0v) is 9.48. The summed E-state index contributed by atoms with van der Waals surface area (Å²) in [5.74, 6) is 2.56. The van der Waals surface area contributed by atoms with Gasteiger partial charge in [0.1, 0.15) is 17.7 Å². The maximum Gasteiger partial charge on any atom is 0.180 e. The van der Waals surface area contributed by atoms with Crippen LogP contribution in [0, 0.1) is 5.92 Å². The van der Waals surface area contributed by atoms with E-state index in [1.807, 2.05) is 0 Å². The minimum Gasteiger partial charge on any atom is -0.339 e. The maximum atomic E-state index is 4.55. The number of imidazole rings is 1. The van der Waals surface area contributed by atoms with E-state index in [0.29, 0.717) is 5.92 Å². The Balaban J connectivity index is 1.88. The fourth-order valence-electron chi connectivity index (χ4n) is 2.51. The van der Waals surface area contributed by atoms with E-state index >= 15 is 0 Å². The average Bonchev–Trinajstić information content (AvgIpc) is 2.73. The summed E-state index contributed by atoms with van der Waals surface area (Å²) in [6.45, 7) is 2.33. The molecule has 0 saturated heterocycles. The first-order valence-electron chi connectivity index (χ1n) is 5.98. The van der Waals surface area contributed by atoms with Crippen molar-refractivity contribution in [1.82, 2.24) is 19.9 Å². The highest BCUT2D eigenvalue weighted by Gasteiger charge is 2.22. The Morgan fingerprint density at radius 2 is 2.06 bits per heavy atom. The quantitative estimate of drug-likeness (QED) is 0.797. The van der Waals surface area contributed by atoms with E-state index < -0.39 is 0 Å². The Hall–Kier alpha value is -1.45. The van der Waals surface area contributed by atoms with Crippen molar-refractivity contribution in [3.8, 4) is 0 Å². The van der Waals surface area contributed by atoms with Crippen LogP contribution in [0.2, 0.25) is 0 Å². The molecule has 0 radical (unpaired) electrons. The molecule has 4 heteroatoms. The molecular weight excluding hydrogens is 200 g/mol. The monoisotopic (exact) mass is 216 g/mol. The second kappa shape index (κ2) is 3.85. The molecule has 0 spiro atoms. The van der Waals surface area contributed by atoms with Crippen LogP contribution in [0.5, 0.6) is 0 Å². The van der Waals surface area contributed by atoms with E-state index in [1.165, 1.54) is 25.7 Å². The summed E-state index contributed by atoms with van der Waals surface area (Å²) < 4.78 is 0. The summed E-state index contributed by atoms with van der Waals surface area (Å²) in [5.41, 5.74) is 1.75. The van der Waals surface area contributed by atoms with Gasteiger partial charge in [-0.15, -0.1) is 0 Å². The minimum absolute atomic E-state index is 0.588. The number of fused-ring (bicyclic) bond motifs is 1. The van der Waals surface area contributed by atoms with Gasteiger partial charge in [0, 0.05) is 5.92 Å². The fourth-order valence-corrected chi connectivity index (χ4v) is 2.51. The van der Waals surface area contributed by atoms with Crippen LogP contribution >= 0.6 is 0 Å². The van der Waals surface area contributed by atoms with Gasteiger partial charge in [0.15, 0.2) is 5.65 Å². The van der Waals surface area contributed by atoms with Gasteiger partial charge in [-0.1, -0.05) is 19.8 Å². The van der Waals surface area contributed by atoms with Gasteiger partial charge in [0.05, 0.1) is 6.20 Å². The average molecular weight is 216 g/mol. The molecule has 2 aromatic rings. The largest absolute Gasteiger partial charge is 0.339 e. The Labute approximate surface area is 94.5 Å². The van der Waals surface area contributed by atoms with Gasteiger partial charge < -0.3 is 4.98 Å². The lowest BCUT2D eigenvalue weighted by Crippen LogP contribution is -2.11. The van der Waals surface area contributed by atoms with Gasteiger partial charge >= 0.3 is 0 Å². The summed E-state index contributed by atoms with van der Waals surface area (Å²) in [5, 5.41) is 0. The second-order valence-corrected chi connectivity index (χ2v) is 4.84. The number of hydrogen-bond donors (Lipinski definition) is 1. The summed E-state index contributed by atoms with van der Waals surface area (Å²) in [4.78, 5) is 16.1. The Bertz CT molecular complexity index is 449. The number of hydrogen-bond acceptors (Lipinski definition) is 3. The molecule has 1 fully saturated rings. The lowest BCUT2D eigenvalue weighted by molar-refractivity contribution is 0.341. The molecule has 16 heavy (non-hydrogen) atoms. The van der Waals surface area contributed by atoms with E-state index in [0.717, 1.165) is 22.9 Å². The molecule has 2 aromatic heterocycles. The van der Waals surface area contributed by atoms with Gasteiger partial charge in [0.25, 0.3) is 0 Å². The number of H-pyrrole nitrogens is 1. The van der Waals surface area contributed by atoms with Crippen molar-refractivity contribution in [3.05, 3.63) is 18.3 Å². The lowest BCUT2D eigenvalue weighted by Gasteiger charge is -2.24. The summed E-state index contributed by atoms with van der Waals surface area (Å²) in [6, 6.07) is 0. The molecule has 1 aliphatic carbocycles. The summed E-state index contributed by atoms with van der Waals surface area (Å²) >= 11 is 0. The van der Waals surface area contributed by atoms with Gasteiger partial charge in [-0.2, -0.15) is 0 Å². The van der Waals surface area contributed by atoms with Crippen LogP contribution in [0.1, 0.15) is 44.3 Å². The van der Waals surface area contributed by atoms with E-state index in [2.05, 4.69) is 26.9 Å². The van der Waals surface area contributed by atoms with Crippen molar-refractivity contribution in [3.63, 3.8) is 0 Å². The van der Waals surface area contributed by atoms with Crippen LogP contribution in [-0.4, -0.2) is 19.9 Å². The Morgan fingerprint density at radius 1 is 1.25 bits per heavy atom. The highest BCUT2D eigenvalue weighted by Crippen LogP contribution is 2.34. The number of nitrogens with zero attached hydrogens (tertiary/aromatic N) is 3. The molecule has 0 aromatic carbocycles. The van der Waals surface area contributed by atoms with Crippen molar-refractivity contribution in [2.24, 2.45) is 5.92 Å². The van der Waals surface area contributed by atoms with E-state index in [1.54, 1.807) is 12.5 Å². The third-order valence-electron chi connectivity index (χ3n) is 3.58. The third kappa shape index (κ3) is 1.68. The predicted octanol–water partition coefficient (Wildman–Crippen LogP) is 2.65. The first-order chi connectivity index (χ1) is 7.83. The molecule has 3 rings (SSSR count). The van der Waals surface area contributed by atoms with Gasteiger partial charge in [-0.05, 0) is 18.8 Å². The molecule has 4 nitrogen and oxygen atoms in total. The normalized spacial score (nSPS) is 26.1. The zero-order valence-electron chi connectivity index (χ0n) is 9.48. The van der Waals surface area contributed by atoms with E-state index in [4.69, 9.17) is 0 Å². The van der Waals surface area contributed by atoms with Crippen molar-refractivity contribution < 1.29 is 0 Å². The first kappa shape index (κ1) is 9.75. The topological polar surface area (TPSA) is 54.5 Å². The molecule has 2 heterocycles. The molecular formula is C12H16N4. The highest BCUT2D eigenvalue weighted by atomic mass is 15.0. The van der Waals surface area contributed by atoms with Crippen molar-refractivity contribution in [1.29, 1.82) is 0 Å². The predicted molar refractivity (Wildman–Crippen MR) is 62.1 cm³/mol. The third-order valence-corrected chi connectivity index (χ3v) is 3.58. The standard InChI is InChI=1S/C12H16N4/c1-8-2-4-9(5-3-8)11-15-10-6-13-7-14-12(10)16-11/h6-9H,2-5H2,1H3,(H,13,14,15,16). The Kier molecular flexibility index (Phi) is 2.35. The maximum absolute atomic E-state index is 4.55. The van der Waals surface area contributed by atoms with E-state index in [-0.39, 0.29) is 0 Å². The molecule has 0 aliphatic heterocycles. The SMILES string of the molecule is CC1CCC(c2nc3ncncc3[nH]2)CC1. The second-order valence-electron chi connectivity index (χ2n) is 4.84. The molecule has 0 amide bonds. The number of rotatable bonds is 1. The molecule has 84 valence electrons. The molecule has 1 saturated carbocycles. The van der Waals surface area contributed by atoms with Gasteiger partial charge in [-0.25, -0.2) is 15.0 Å². The minimum atomic E-state index is 0.588. The van der Waals surface area contributed by atoms with E-state index in [9.17, 15) is 0 Å². The summed E-state index contributed by atoms with van der Waals surface area (Å²) in [7, 11) is 0. The van der Waals surface area contributed by atoms with Crippen LogP contribution in [0.25, 0.3) is 11.2 Å². The molecule has 0 unspecified atom stereocenters. The lowest BCUT2D eigenvalue weighted by atomic mass is 9.83. The van der Waals surface area contributed by atoms with Crippen molar-refractivity contribution >= 4 is 11.2 Å². The number of aromatic amines is 1. The molecule has 0 atom stereocenters. The molecule has 1 N–H and O–H groups in total.